The van der Waals surface area contributed by atoms with Crippen LogP contribution in [0.25, 0.3) is 11.4 Å². The Kier molecular flexibility index (Phi) is 3.53. The molecule has 5 nitrogen and oxygen atoms in total. The van der Waals surface area contributed by atoms with Crippen molar-refractivity contribution in [1.29, 1.82) is 0 Å². The van der Waals surface area contributed by atoms with Gasteiger partial charge in [-0.2, -0.15) is 4.98 Å². The van der Waals surface area contributed by atoms with E-state index in [0.717, 1.165) is 43.3 Å². The van der Waals surface area contributed by atoms with E-state index in [2.05, 4.69) is 54.1 Å². The van der Waals surface area contributed by atoms with Crippen molar-refractivity contribution in [2.45, 2.75) is 18.9 Å². The number of nitrogens with two attached hydrogens (primary N) is 1. The molecule has 0 aliphatic carbocycles. The zero-order valence-corrected chi connectivity index (χ0v) is 12.7. The third-order valence-corrected chi connectivity index (χ3v) is 4.93. The number of anilines is 1. The van der Waals surface area contributed by atoms with E-state index in [1.165, 1.54) is 2.88 Å². The van der Waals surface area contributed by atoms with Gasteiger partial charge in [0.25, 0.3) is 0 Å². The lowest BCUT2D eigenvalue weighted by Gasteiger charge is -2.28. The molecule has 0 aromatic carbocycles. The molecule has 1 saturated heterocycles. The summed E-state index contributed by atoms with van der Waals surface area (Å²) >= 11 is 4.02. The van der Waals surface area contributed by atoms with Crippen molar-refractivity contribution in [2.75, 3.05) is 18.0 Å². The molecule has 3 heterocycles. The number of rotatable bonds is 2. The second kappa shape index (κ2) is 5.14. The number of piperidine rings is 1. The van der Waals surface area contributed by atoms with E-state index >= 15 is 0 Å². The van der Waals surface area contributed by atoms with Gasteiger partial charge < -0.3 is 10.6 Å². The first-order valence-electron chi connectivity index (χ1n) is 5.90. The Morgan fingerprint density at radius 3 is 2.89 bits per heavy atom. The molecule has 1 fully saturated rings. The molecule has 3 rings (SSSR count). The summed E-state index contributed by atoms with van der Waals surface area (Å²) in [5, 5.41) is 9.41. The highest BCUT2D eigenvalue weighted by molar-refractivity contribution is 14.1. The second-order valence-electron chi connectivity index (χ2n) is 4.45. The number of aromatic amines is 1. The minimum absolute atomic E-state index is 0.332. The Morgan fingerprint density at radius 1 is 1.44 bits per heavy atom. The minimum atomic E-state index is 0.332. The lowest BCUT2D eigenvalue weighted by Crippen LogP contribution is -2.40. The Balaban J connectivity index is 1.77. The van der Waals surface area contributed by atoms with Crippen LogP contribution in [0.1, 0.15) is 12.8 Å². The number of nitrogens with zero attached hydrogens (tertiary/aromatic N) is 3. The lowest BCUT2D eigenvalue weighted by atomic mass is 10.1. The molecule has 96 valence electrons. The van der Waals surface area contributed by atoms with Gasteiger partial charge in [0.2, 0.25) is 5.95 Å². The average Bonchev–Trinajstić information content (AvgIpc) is 2.98. The average molecular weight is 375 g/mol. The predicted octanol–water partition coefficient (Wildman–Crippen LogP) is 2.07. The molecule has 0 saturated carbocycles. The first-order chi connectivity index (χ1) is 8.72. The van der Waals surface area contributed by atoms with Gasteiger partial charge in [-0.1, -0.05) is 0 Å². The van der Waals surface area contributed by atoms with E-state index in [1.807, 2.05) is 0 Å². The van der Waals surface area contributed by atoms with Crippen molar-refractivity contribution in [3.8, 4) is 11.4 Å². The van der Waals surface area contributed by atoms with Crippen molar-refractivity contribution in [3.63, 3.8) is 0 Å². The molecule has 7 heteroatoms. The highest BCUT2D eigenvalue weighted by Gasteiger charge is 2.19. The summed E-state index contributed by atoms with van der Waals surface area (Å²) in [6, 6.07) is 2.44. The lowest BCUT2D eigenvalue weighted by molar-refractivity contribution is 0.496. The fraction of sp³-hybridized carbons (Fsp3) is 0.455. The molecule has 1 aliphatic heterocycles. The van der Waals surface area contributed by atoms with E-state index < -0.39 is 0 Å². The summed E-state index contributed by atoms with van der Waals surface area (Å²) in [5.41, 5.74) is 7.01. The normalized spacial score (nSPS) is 17.3. The maximum absolute atomic E-state index is 5.90. The largest absolute Gasteiger partial charge is 0.339 e. The number of aromatic nitrogens is 3. The van der Waals surface area contributed by atoms with E-state index in [0.29, 0.717) is 6.04 Å². The number of hydrogen-bond donors (Lipinski definition) is 2. The number of nitrogens with one attached hydrogen (secondary N) is 1. The third kappa shape index (κ3) is 2.52. The highest BCUT2D eigenvalue weighted by Crippen LogP contribution is 2.25. The fourth-order valence-corrected chi connectivity index (χ4v) is 3.39. The smallest absolute Gasteiger partial charge is 0.245 e. The highest BCUT2D eigenvalue weighted by atomic mass is 127. The van der Waals surface area contributed by atoms with Crippen LogP contribution < -0.4 is 10.6 Å². The Labute approximate surface area is 123 Å². The maximum Gasteiger partial charge on any atom is 0.245 e. The van der Waals surface area contributed by atoms with Crippen LogP contribution >= 0.6 is 33.9 Å². The standard InChI is InChI=1S/C11H14IN5S/c12-9-5-7(6-18-9)10-14-11(16-15-10)17-3-1-8(13)2-4-17/h5-6,8H,1-4,13H2,(H,14,15,16). The molecule has 0 unspecified atom stereocenters. The minimum Gasteiger partial charge on any atom is -0.339 e. The van der Waals surface area contributed by atoms with Crippen molar-refractivity contribution < 1.29 is 0 Å². The number of H-pyrrole nitrogens is 1. The molecule has 0 radical (unpaired) electrons. The quantitative estimate of drug-likeness (QED) is 0.789. The predicted molar refractivity (Wildman–Crippen MR) is 81.8 cm³/mol. The molecule has 18 heavy (non-hydrogen) atoms. The zero-order chi connectivity index (χ0) is 12.5. The van der Waals surface area contributed by atoms with Crippen molar-refractivity contribution in [3.05, 3.63) is 14.3 Å². The van der Waals surface area contributed by atoms with Crippen LogP contribution in [0.15, 0.2) is 11.4 Å². The summed E-state index contributed by atoms with van der Waals surface area (Å²) in [6.07, 6.45) is 2.03. The summed E-state index contributed by atoms with van der Waals surface area (Å²) < 4.78 is 1.25. The fourth-order valence-electron chi connectivity index (χ4n) is 2.06. The molecule has 0 amide bonds. The third-order valence-electron chi connectivity index (χ3n) is 3.14. The van der Waals surface area contributed by atoms with Gasteiger partial charge in [0.15, 0.2) is 5.82 Å². The van der Waals surface area contributed by atoms with Crippen LogP contribution in [0.4, 0.5) is 5.95 Å². The molecule has 2 aromatic heterocycles. The first kappa shape index (κ1) is 12.4. The van der Waals surface area contributed by atoms with E-state index in [4.69, 9.17) is 5.73 Å². The first-order valence-corrected chi connectivity index (χ1v) is 7.85. The van der Waals surface area contributed by atoms with Gasteiger partial charge in [0.05, 0.1) is 2.88 Å². The molecule has 0 atom stereocenters. The van der Waals surface area contributed by atoms with Crippen molar-refractivity contribution in [2.24, 2.45) is 5.73 Å². The van der Waals surface area contributed by atoms with Gasteiger partial charge in [-0.3, -0.25) is 5.10 Å². The maximum atomic E-state index is 5.90. The van der Waals surface area contributed by atoms with Gasteiger partial charge in [0, 0.05) is 30.1 Å². The van der Waals surface area contributed by atoms with Crippen LogP contribution in [0.3, 0.4) is 0 Å². The van der Waals surface area contributed by atoms with Crippen LogP contribution in [-0.4, -0.2) is 34.3 Å². The van der Waals surface area contributed by atoms with Gasteiger partial charge in [-0.05, 0) is 41.5 Å². The van der Waals surface area contributed by atoms with E-state index in [-0.39, 0.29) is 0 Å². The zero-order valence-electron chi connectivity index (χ0n) is 9.77. The van der Waals surface area contributed by atoms with Gasteiger partial charge in [0.1, 0.15) is 0 Å². The summed E-state index contributed by atoms with van der Waals surface area (Å²) in [5.74, 6) is 1.64. The Hall–Kier alpha value is -0.670. The molecule has 1 aliphatic rings. The number of halogens is 1. The summed E-state index contributed by atoms with van der Waals surface area (Å²) in [7, 11) is 0. The molecule has 3 N–H and O–H groups in total. The van der Waals surface area contributed by atoms with Gasteiger partial charge in [-0.15, -0.1) is 16.4 Å². The molecular formula is C11H14IN5S. The van der Waals surface area contributed by atoms with Gasteiger partial charge in [-0.25, -0.2) is 0 Å². The molecular weight excluding hydrogens is 361 g/mol. The second-order valence-corrected chi connectivity index (χ2v) is 7.25. The topological polar surface area (TPSA) is 70.8 Å². The Bertz CT molecular complexity index is 529. The number of hydrogen-bond acceptors (Lipinski definition) is 5. The van der Waals surface area contributed by atoms with Crippen LogP contribution in [0.5, 0.6) is 0 Å². The van der Waals surface area contributed by atoms with E-state index in [1.54, 1.807) is 11.3 Å². The summed E-state index contributed by atoms with van der Waals surface area (Å²) in [6.45, 7) is 1.89. The van der Waals surface area contributed by atoms with Crippen molar-refractivity contribution in [1.82, 2.24) is 15.2 Å². The summed E-state index contributed by atoms with van der Waals surface area (Å²) in [4.78, 5) is 6.76. The van der Waals surface area contributed by atoms with Crippen LogP contribution in [0, 0.1) is 2.88 Å². The van der Waals surface area contributed by atoms with Crippen LogP contribution in [0.2, 0.25) is 0 Å². The number of thiophene rings is 1. The van der Waals surface area contributed by atoms with Gasteiger partial charge >= 0.3 is 0 Å². The van der Waals surface area contributed by atoms with Crippen LogP contribution in [-0.2, 0) is 0 Å². The molecule has 2 aromatic rings. The SMILES string of the molecule is NC1CCN(c2n[nH]c(-c3csc(I)c3)n2)CC1. The van der Waals surface area contributed by atoms with E-state index in [9.17, 15) is 0 Å². The monoisotopic (exact) mass is 375 g/mol. The Morgan fingerprint density at radius 2 is 2.22 bits per heavy atom. The van der Waals surface area contributed by atoms with Crippen molar-refractivity contribution >= 4 is 39.9 Å². The molecule has 0 bridgehead atoms. The molecule has 0 spiro atoms.